The van der Waals surface area contributed by atoms with Crippen molar-refractivity contribution in [3.8, 4) is 0 Å². The Bertz CT molecular complexity index is 726. The Morgan fingerprint density at radius 3 is 2.21 bits per heavy atom. The van der Waals surface area contributed by atoms with Gasteiger partial charge in [-0.2, -0.15) is 0 Å². The van der Waals surface area contributed by atoms with E-state index in [2.05, 4.69) is 15.6 Å². The van der Waals surface area contributed by atoms with Gasteiger partial charge in [-0.25, -0.2) is 4.98 Å². The third-order valence-electron chi connectivity index (χ3n) is 4.09. The Labute approximate surface area is 141 Å². The lowest BCUT2D eigenvalue weighted by Gasteiger charge is -2.07. The van der Waals surface area contributed by atoms with Gasteiger partial charge in [-0.3, -0.25) is 9.59 Å². The summed E-state index contributed by atoms with van der Waals surface area (Å²) in [5.41, 5.74) is 3.39. The summed E-state index contributed by atoms with van der Waals surface area (Å²) in [7, 11) is 0. The Kier molecular flexibility index (Phi) is 5.21. The summed E-state index contributed by atoms with van der Waals surface area (Å²) in [6, 6.07) is 13.4. The average molecular weight is 323 g/mol. The van der Waals surface area contributed by atoms with Crippen molar-refractivity contribution < 1.29 is 9.59 Å². The van der Waals surface area contributed by atoms with Crippen LogP contribution in [-0.4, -0.2) is 16.8 Å². The normalized spacial score (nSPS) is 16.2. The van der Waals surface area contributed by atoms with E-state index in [9.17, 15) is 9.59 Å². The minimum Gasteiger partial charge on any atom is -0.352 e. The van der Waals surface area contributed by atoms with Gasteiger partial charge < -0.3 is 10.6 Å². The molecule has 0 saturated heterocycles. The molecule has 0 spiro atoms. The number of hydrogen-bond donors (Lipinski definition) is 2. The smallest absolute Gasteiger partial charge is 0.270 e. The van der Waals surface area contributed by atoms with Gasteiger partial charge in [0.15, 0.2) is 0 Å². The highest BCUT2D eigenvalue weighted by Crippen LogP contribution is 2.08. The molecule has 24 heavy (non-hydrogen) atoms. The van der Waals surface area contributed by atoms with Crippen LogP contribution in [-0.2, 0) is 24.3 Å². The van der Waals surface area contributed by atoms with E-state index >= 15 is 0 Å². The van der Waals surface area contributed by atoms with E-state index in [-0.39, 0.29) is 11.8 Å². The Morgan fingerprint density at radius 1 is 0.792 bits per heavy atom. The Hall–Kier alpha value is -2.69. The summed E-state index contributed by atoms with van der Waals surface area (Å²) in [6.07, 6.45) is 2.97. The lowest BCUT2D eigenvalue weighted by atomic mass is 10.1. The number of carbonyl (C=O) groups excluding carboxylic acids is 2. The van der Waals surface area contributed by atoms with E-state index in [0.29, 0.717) is 25.2 Å². The van der Waals surface area contributed by atoms with Gasteiger partial charge in [-0.05, 0) is 42.5 Å². The fourth-order valence-electron chi connectivity index (χ4n) is 2.67. The number of nitrogens with one attached hydrogen (secondary N) is 2. The molecule has 0 fully saturated rings. The molecule has 3 heterocycles. The summed E-state index contributed by atoms with van der Waals surface area (Å²) in [5.74, 6) is -0.0935. The molecule has 124 valence electrons. The number of hydrogen-bond acceptors (Lipinski definition) is 3. The molecular formula is C19H21N3O2. The van der Waals surface area contributed by atoms with Crippen LogP contribution in [0.1, 0.15) is 46.6 Å². The van der Waals surface area contributed by atoms with Crippen molar-refractivity contribution in [2.75, 3.05) is 0 Å². The highest BCUT2D eigenvalue weighted by molar-refractivity contribution is 5.92. The molecule has 2 N–H and O–H groups in total. The first-order chi connectivity index (χ1) is 11.7. The van der Waals surface area contributed by atoms with Crippen molar-refractivity contribution >= 4 is 11.8 Å². The third-order valence-corrected chi connectivity index (χ3v) is 4.09. The zero-order chi connectivity index (χ0) is 16.8. The first-order valence-electron chi connectivity index (χ1n) is 8.29. The van der Waals surface area contributed by atoms with Gasteiger partial charge in [0.1, 0.15) is 5.69 Å². The first kappa shape index (κ1) is 16.2. The lowest BCUT2D eigenvalue weighted by Crippen LogP contribution is -2.24. The van der Waals surface area contributed by atoms with Gasteiger partial charge in [0.2, 0.25) is 5.91 Å². The van der Waals surface area contributed by atoms with E-state index in [0.717, 1.165) is 36.1 Å². The molecule has 1 aromatic heterocycles. The number of aromatic nitrogens is 1. The average Bonchev–Trinajstić information content (AvgIpc) is 2.62. The SMILES string of the molecule is O=C1CCCCc2cccc(n2)C(=O)NCc2ccc(cc2)CN1. The molecule has 2 aliphatic heterocycles. The maximum atomic E-state index is 12.2. The molecule has 4 bridgehead atoms. The maximum Gasteiger partial charge on any atom is 0.270 e. The van der Waals surface area contributed by atoms with E-state index < -0.39 is 0 Å². The number of pyridine rings is 1. The third kappa shape index (κ3) is 4.41. The summed E-state index contributed by atoms with van der Waals surface area (Å²) >= 11 is 0. The number of rotatable bonds is 0. The second kappa shape index (κ2) is 7.73. The van der Waals surface area contributed by atoms with Crippen LogP contribution >= 0.6 is 0 Å². The maximum absolute atomic E-state index is 12.2. The number of nitrogens with zero attached hydrogens (tertiary/aromatic N) is 1. The van der Waals surface area contributed by atoms with Crippen LogP contribution in [0.5, 0.6) is 0 Å². The molecule has 0 aliphatic carbocycles. The van der Waals surface area contributed by atoms with E-state index in [4.69, 9.17) is 0 Å². The highest BCUT2D eigenvalue weighted by atomic mass is 16.2. The Morgan fingerprint density at radius 2 is 1.46 bits per heavy atom. The van der Waals surface area contributed by atoms with Gasteiger partial charge in [0.05, 0.1) is 0 Å². The summed E-state index contributed by atoms with van der Waals surface area (Å²) < 4.78 is 0. The highest BCUT2D eigenvalue weighted by Gasteiger charge is 2.09. The minimum absolute atomic E-state index is 0.0712. The topological polar surface area (TPSA) is 71.1 Å². The molecule has 0 saturated carbocycles. The van der Waals surface area contributed by atoms with Crippen molar-refractivity contribution in [2.24, 2.45) is 0 Å². The van der Waals surface area contributed by atoms with Gasteiger partial charge in [0.25, 0.3) is 5.91 Å². The molecule has 2 aromatic rings. The fourth-order valence-corrected chi connectivity index (χ4v) is 2.67. The van der Waals surface area contributed by atoms with E-state index in [1.165, 1.54) is 0 Å². The first-order valence-corrected chi connectivity index (χ1v) is 8.29. The predicted molar refractivity (Wildman–Crippen MR) is 91.3 cm³/mol. The van der Waals surface area contributed by atoms with Crippen molar-refractivity contribution in [1.29, 1.82) is 0 Å². The second-order valence-corrected chi connectivity index (χ2v) is 6.00. The van der Waals surface area contributed by atoms with Crippen molar-refractivity contribution in [3.63, 3.8) is 0 Å². The van der Waals surface area contributed by atoms with E-state index in [1.807, 2.05) is 36.4 Å². The zero-order valence-corrected chi connectivity index (χ0v) is 13.5. The molecular weight excluding hydrogens is 302 g/mol. The van der Waals surface area contributed by atoms with Crippen LogP contribution in [0, 0.1) is 0 Å². The molecule has 2 amide bonds. The van der Waals surface area contributed by atoms with Crippen LogP contribution in [0.2, 0.25) is 0 Å². The molecule has 1 aromatic carbocycles. The molecule has 5 heteroatoms. The molecule has 4 rings (SSSR count). The summed E-state index contributed by atoms with van der Waals surface area (Å²) in [6.45, 7) is 0.991. The summed E-state index contributed by atoms with van der Waals surface area (Å²) in [5, 5.41) is 5.84. The van der Waals surface area contributed by atoms with Crippen molar-refractivity contribution in [2.45, 2.75) is 38.8 Å². The van der Waals surface area contributed by atoms with Gasteiger partial charge in [-0.1, -0.05) is 30.3 Å². The monoisotopic (exact) mass is 323 g/mol. The number of benzene rings is 1. The number of fused-ring (bicyclic) bond motifs is 10. The standard InChI is InChI=1S/C19H21N3O2/c23-18-7-2-1-4-16-5-3-6-17(22-16)19(24)21-13-15-10-8-14(9-11-15)12-20-18/h3,5-6,8-11H,1-2,4,7,12-13H2,(H,20,23)(H,21,24). The minimum atomic E-state index is -0.165. The van der Waals surface area contributed by atoms with Crippen LogP contribution in [0.25, 0.3) is 0 Å². The van der Waals surface area contributed by atoms with Crippen LogP contribution in [0.15, 0.2) is 42.5 Å². The van der Waals surface area contributed by atoms with Crippen LogP contribution < -0.4 is 10.6 Å². The lowest BCUT2D eigenvalue weighted by molar-refractivity contribution is -0.121. The van der Waals surface area contributed by atoms with Crippen LogP contribution in [0.4, 0.5) is 0 Å². The molecule has 2 aliphatic rings. The number of amides is 2. The fraction of sp³-hybridized carbons (Fsp3) is 0.316. The zero-order valence-electron chi connectivity index (χ0n) is 13.5. The van der Waals surface area contributed by atoms with Gasteiger partial charge >= 0.3 is 0 Å². The summed E-state index contributed by atoms with van der Waals surface area (Å²) in [4.78, 5) is 28.5. The number of carbonyl (C=O) groups is 2. The number of aryl methyl sites for hydroxylation is 1. The quantitative estimate of drug-likeness (QED) is 0.782. The molecule has 0 radical (unpaired) electrons. The van der Waals surface area contributed by atoms with Crippen LogP contribution in [0.3, 0.4) is 0 Å². The molecule has 0 unspecified atom stereocenters. The largest absolute Gasteiger partial charge is 0.352 e. The van der Waals surface area contributed by atoms with Gasteiger partial charge in [0, 0.05) is 25.2 Å². The molecule has 0 atom stereocenters. The van der Waals surface area contributed by atoms with E-state index in [1.54, 1.807) is 6.07 Å². The van der Waals surface area contributed by atoms with Gasteiger partial charge in [-0.15, -0.1) is 0 Å². The Balaban J connectivity index is 1.78. The predicted octanol–water partition coefficient (Wildman–Crippen LogP) is 2.35. The second-order valence-electron chi connectivity index (χ2n) is 6.00. The molecule has 5 nitrogen and oxygen atoms in total. The van der Waals surface area contributed by atoms with Crippen molar-refractivity contribution in [3.05, 3.63) is 65.0 Å². The van der Waals surface area contributed by atoms with Crippen molar-refractivity contribution in [1.82, 2.24) is 15.6 Å².